The summed E-state index contributed by atoms with van der Waals surface area (Å²) >= 11 is 0. The van der Waals surface area contributed by atoms with Gasteiger partial charge in [-0.05, 0) is 36.8 Å². The first-order chi connectivity index (χ1) is 13.0. The minimum absolute atomic E-state index is 0.0600. The van der Waals surface area contributed by atoms with Crippen molar-refractivity contribution in [1.82, 2.24) is 0 Å². The normalized spacial score (nSPS) is 13.6. The largest absolute Gasteiger partial charge is 0.471 e. The third kappa shape index (κ3) is 3.96. The number of benzene rings is 1. The van der Waals surface area contributed by atoms with E-state index in [9.17, 15) is 14.4 Å². The number of hydrogen-bond acceptors (Lipinski definition) is 5. The van der Waals surface area contributed by atoms with Crippen molar-refractivity contribution in [2.75, 3.05) is 6.61 Å². The lowest BCUT2D eigenvalue weighted by Gasteiger charge is -2.08. The molecule has 0 amide bonds. The third-order valence-corrected chi connectivity index (χ3v) is 4.02. The Hall–Kier alpha value is -3.64. The van der Waals surface area contributed by atoms with E-state index in [-0.39, 0.29) is 30.1 Å². The molecule has 3 rings (SSSR count). The molecule has 0 unspecified atom stereocenters. The number of carbonyl (C=O) groups excluding carboxylic acids is 2. The van der Waals surface area contributed by atoms with Gasteiger partial charge < -0.3 is 9.15 Å². The van der Waals surface area contributed by atoms with E-state index >= 15 is 0 Å². The van der Waals surface area contributed by atoms with Gasteiger partial charge in [-0.1, -0.05) is 11.8 Å². The molecule has 0 fully saturated rings. The van der Waals surface area contributed by atoms with Crippen molar-refractivity contribution in [1.29, 1.82) is 0 Å². The third-order valence-electron chi connectivity index (χ3n) is 4.02. The van der Waals surface area contributed by atoms with Gasteiger partial charge in [-0.3, -0.25) is 9.59 Å². The standard InChI is InChI=1S/C21H15NO5/c1-3-26-21(25)18(22-2)11-16-9-15-8-14-10-17(23)7-5-4-6-13(14)12-19(15)27-20(16)24/h8-9,11-12H,3,5,7,10H2,1H3/b18-11+. The van der Waals surface area contributed by atoms with Crippen LogP contribution in [0.3, 0.4) is 0 Å². The SMILES string of the molecule is [C-]#[N+]/C(=C/c1cc2cc3c(cc2oc1=O)C#CCCC(=O)C3)C(=O)OCC. The van der Waals surface area contributed by atoms with Gasteiger partial charge in [0.2, 0.25) is 0 Å². The van der Waals surface area contributed by atoms with Crippen LogP contribution in [-0.4, -0.2) is 18.4 Å². The first kappa shape index (κ1) is 18.2. The fraction of sp³-hybridized carbons (Fsp3) is 0.238. The Morgan fingerprint density at radius 2 is 2.19 bits per heavy atom. The van der Waals surface area contributed by atoms with Crippen molar-refractivity contribution in [2.45, 2.75) is 26.2 Å². The molecule has 6 nitrogen and oxygen atoms in total. The molecule has 0 saturated heterocycles. The fourth-order valence-corrected chi connectivity index (χ4v) is 2.74. The molecule has 0 saturated carbocycles. The molecule has 1 aliphatic carbocycles. The van der Waals surface area contributed by atoms with Gasteiger partial charge in [-0.2, -0.15) is 0 Å². The average Bonchev–Trinajstić information content (AvgIpc) is 2.62. The van der Waals surface area contributed by atoms with Crippen LogP contribution in [0.5, 0.6) is 0 Å². The van der Waals surface area contributed by atoms with E-state index < -0.39 is 11.6 Å². The monoisotopic (exact) mass is 361 g/mol. The van der Waals surface area contributed by atoms with Crippen LogP contribution >= 0.6 is 0 Å². The summed E-state index contributed by atoms with van der Waals surface area (Å²) in [6.07, 6.45) is 2.34. The lowest BCUT2D eigenvalue weighted by Crippen LogP contribution is -2.09. The Kier molecular flexibility index (Phi) is 5.19. The van der Waals surface area contributed by atoms with Crippen molar-refractivity contribution < 1.29 is 18.7 Å². The Bertz CT molecular complexity index is 1140. The van der Waals surface area contributed by atoms with Crippen LogP contribution in [0.15, 0.2) is 33.1 Å². The molecule has 0 atom stereocenters. The number of fused-ring (bicyclic) bond motifs is 2. The minimum atomic E-state index is -0.800. The molecule has 27 heavy (non-hydrogen) atoms. The number of rotatable bonds is 3. The van der Waals surface area contributed by atoms with Crippen LogP contribution in [0.4, 0.5) is 0 Å². The topological polar surface area (TPSA) is 77.9 Å². The molecule has 6 heteroatoms. The van der Waals surface area contributed by atoms with E-state index in [4.69, 9.17) is 15.7 Å². The van der Waals surface area contributed by atoms with Crippen LogP contribution in [0.2, 0.25) is 0 Å². The highest BCUT2D eigenvalue weighted by Crippen LogP contribution is 2.22. The van der Waals surface area contributed by atoms with Gasteiger partial charge in [-0.25, -0.2) is 9.64 Å². The van der Waals surface area contributed by atoms with Gasteiger partial charge in [0, 0.05) is 30.2 Å². The first-order valence-corrected chi connectivity index (χ1v) is 8.39. The van der Waals surface area contributed by atoms with Crippen molar-refractivity contribution in [2.24, 2.45) is 0 Å². The Morgan fingerprint density at radius 3 is 2.93 bits per heavy atom. The molecule has 1 aliphatic rings. The van der Waals surface area contributed by atoms with Crippen LogP contribution in [0.1, 0.15) is 36.5 Å². The molecule has 0 radical (unpaired) electrons. The molecule has 1 aromatic carbocycles. The van der Waals surface area contributed by atoms with E-state index in [0.717, 1.165) is 11.6 Å². The van der Waals surface area contributed by atoms with Gasteiger partial charge in [0.1, 0.15) is 11.4 Å². The van der Waals surface area contributed by atoms with Crippen LogP contribution in [0.25, 0.3) is 21.9 Å². The highest BCUT2D eigenvalue weighted by atomic mass is 16.5. The number of ether oxygens (including phenoxy) is 1. The summed E-state index contributed by atoms with van der Waals surface area (Å²) in [5, 5.41) is 0.586. The second-order valence-corrected chi connectivity index (χ2v) is 5.92. The van der Waals surface area contributed by atoms with E-state index in [1.165, 1.54) is 6.07 Å². The molecule has 0 bridgehead atoms. The number of carbonyl (C=O) groups is 2. The maximum atomic E-state index is 12.3. The molecule has 134 valence electrons. The zero-order valence-electron chi connectivity index (χ0n) is 14.6. The van der Waals surface area contributed by atoms with Crippen molar-refractivity contribution >= 4 is 28.8 Å². The number of Topliss-reactive ketones (excluding diaryl/α,β-unsaturated/α-hetero) is 1. The van der Waals surface area contributed by atoms with Crippen LogP contribution in [0, 0.1) is 18.4 Å². The van der Waals surface area contributed by atoms with Gasteiger partial charge in [0.15, 0.2) is 0 Å². The highest BCUT2D eigenvalue weighted by molar-refractivity contribution is 5.96. The summed E-state index contributed by atoms with van der Waals surface area (Å²) in [4.78, 5) is 39.1. The summed E-state index contributed by atoms with van der Waals surface area (Å²) in [5.74, 6) is 5.24. The van der Waals surface area contributed by atoms with E-state index in [1.807, 2.05) is 0 Å². The summed E-state index contributed by atoms with van der Waals surface area (Å²) in [6.45, 7) is 8.87. The smallest absolute Gasteiger partial charge is 0.342 e. The number of hydrogen-bond donors (Lipinski definition) is 0. The second kappa shape index (κ2) is 7.72. The van der Waals surface area contributed by atoms with Crippen molar-refractivity contribution in [3.63, 3.8) is 0 Å². The van der Waals surface area contributed by atoms with Gasteiger partial charge in [-0.15, -0.1) is 0 Å². The zero-order chi connectivity index (χ0) is 19.4. The lowest BCUT2D eigenvalue weighted by atomic mass is 9.96. The van der Waals surface area contributed by atoms with Gasteiger partial charge in [0.25, 0.3) is 5.70 Å². The van der Waals surface area contributed by atoms with E-state index in [1.54, 1.807) is 19.1 Å². The zero-order valence-corrected chi connectivity index (χ0v) is 14.6. The fourth-order valence-electron chi connectivity index (χ4n) is 2.74. The van der Waals surface area contributed by atoms with E-state index in [2.05, 4.69) is 16.7 Å². The predicted octanol–water partition coefficient (Wildman–Crippen LogP) is 2.87. The quantitative estimate of drug-likeness (QED) is 0.276. The molecule has 0 spiro atoms. The molecule has 2 aromatic rings. The molecular formula is C21H15NO5. The first-order valence-electron chi connectivity index (χ1n) is 8.39. The van der Waals surface area contributed by atoms with Gasteiger partial charge in [0.05, 0.1) is 18.7 Å². The lowest BCUT2D eigenvalue weighted by molar-refractivity contribution is -0.138. The number of esters is 1. The summed E-state index contributed by atoms with van der Waals surface area (Å²) in [7, 11) is 0. The molecular weight excluding hydrogens is 346 g/mol. The van der Waals surface area contributed by atoms with Gasteiger partial charge >= 0.3 is 11.6 Å². The van der Waals surface area contributed by atoms with Crippen molar-refractivity contribution in [3.8, 4) is 11.8 Å². The van der Waals surface area contributed by atoms with E-state index in [0.29, 0.717) is 29.4 Å². The second-order valence-electron chi connectivity index (χ2n) is 5.92. The maximum Gasteiger partial charge on any atom is 0.342 e. The highest BCUT2D eigenvalue weighted by Gasteiger charge is 2.15. The Morgan fingerprint density at radius 1 is 1.37 bits per heavy atom. The molecule has 0 aliphatic heterocycles. The average molecular weight is 361 g/mol. The summed E-state index contributed by atoms with van der Waals surface area (Å²) < 4.78 is 10.1. The number of ketones is 1. The Labute approximate surface area is 155 Å². The van der Waals surface area contributed by atoms with Crippen molar-refractivity contribution in [3.05, 3.63) is 62.4 Å². The summed E-state index contributed by atoms with van der Waals surface area (Å²) in [5.41, 5.74) is 0.830. The predicted molar refractivity (Wildman–Crippen MR) is 98.5 cm³/mol. The molecule has 0 N–H and O–H groups in total. The molecule has 1 aromatic heterocycles. The van der Waals surface area contributed by atoms with Crippen LogP contribution in [-0.2, 0) is 20.7 Å². The Balaban J connectivity index is 2.13. The molecule has 1 heterocycles. The maximum absolute atomic E-state index is 12.3. The number of nitrogens with zero attached hydrogens (tertiary/aromatic N) is 1. The van der Waals surface area contributed by atoms with Crippen LogP contribution < -0.4 is 5.63 Å². The minimum Gasteiger partial charge on any atom is -0.471 e. The summed E-state index contributed by atoms with van der Waals surface area (Å²) in [6, 6.07) is 4.93.